The Morgan fingerprint density at radius 1 is 0.935 bits per heavy atom. The van der Waals surface area contributed by atoms with Gasteiger partial charge in [-0.1, -0.05) is 60.2 Å². The van der Waals surface area contributed by atoms with Gasteiger partial charge in [0, 0.05) is 5.56 Å². The summed E-state index contributed by atoms with van der Waals surface area (Å²) in [4.78, 5) is 40.9. The molecule has 3 aromatic carbocycles. The van der Waals surface area contributed by atoms with E-state index in [1.807, 2.05) is 31.2 Å². The number of amides is 3. The summed E-state index contributed by atoms with van der Waals surface area (Å²) < 4.78 is 7.30. The van der Waals surface area contributed by atoms with Crippen LogP contribution < -0.4 is 9.64 Å². The molecule has 3 aromatic rings. The molecule has 0 saturated heterocycles. The average molecular weight is 411 g/mol. The van der Waals surface area contributed by atoms with Crippen molar-refractivity contribution in [1.82, 2.24) is 0 Å². The van der Waals surface area contributed by atoms with Crippen LogP contribution in [-0.2, 0) is 4.79 Å². The van der Waals surface area contributed by atoms with E-state index in [0.717, 1.165) is 10.5 Å². The third-order valence-electron chi connectivity index (χ3n) is 5.50. The van der Waals surface area contributed by atoms with Crippen LogP contribution in [0.15, 0.2) is 78.9 Å². The molecule has 2 aliphatic rings. The Morgan fingerprint density at radius 2 is 1.61 bits per heavy atom. The summed E-state index contributed by atoms with van der Waals surface area (Å²) in [6.07, 6.45) is -0.986. The second kappa shape index (κ2) is 7.32. The number of anilines is 1. The Hall–Kier alpha value is -4.06. The molecule has 0 bridgehead atoms. The lowest BCUT2D eigenvalue weighted by Gasteiger charge is -2.24. The first-order valence-corrected chi connectivity index (χ1v) is 9.98. The van der Waals surface area contributed by atoms with Crippen molar-refractivity contribution in [3.8, 4) is 5.75 Å². The van der Waals surface area contributed by atoms with E-state index in [4.69, 9.17) is 4.74 Å². The number of rotatable bonds is 4. The molecule has 6 nitrogen and oxygen atoms in total. The summed E-state index contributed by atoms with van der Waals surface area (Å²) >= 11 is 0. The van der Waals surface area contributed by atoms with Gasteiger partial charge in [-0.2, -0.15) is 9.37 Å². The second-order valence-corrected chi connectivity index (χ2v) is 7.55. The van der Waals surface area contributed by atoms with Gasteiger partial charge in [0.15, 0.2) is 12.3 Å². The van der Waals surface area contributed by atoms with Gasteiger partial charge in [0.25, 0.3) is 6.10 Å². The summed E-state index contributed by atoms with van der Waals surface area (Å²) in [5.41, 5.74) is 3.01. The van der Waals surface area contributed by atoms with Crippen molar-refractivity contribution in [1.29, 1.82) is 0 Å². The molecular formula is C25H19N2O4+. The second-order valence-electron chi connectivity index (χ2n) is 7.55. The molecule has 0 fully saturated rings. The van der Waals surface area contributed by atoms with Gasteiger partial charge >= 0.3 is 11.9 Å². The van der Waals surface area contributed by atoms with Crippen LogP contribution in [0.4, 0.5) is 10.5 Å². The van der Waals surface area contributed by atoms with E-state index >= 15 is 0 Å². The number of imide groups is 1. The fraction of sp³-hybridized carbons (Fsp3) is 0.120. The molecule has 5 rings (SSSR count). The Bertz CT molecular complexity index is 1250. The molecule has 0 aromatic heterocycles. The maximum absolute atomic E-state index is 13.5. The summed E-state index contributed by atoms with van der Waals surface area (Å²) in [7, 11) is 0. The topological polar surface area (TPSA) is 66.7 Å². The molecule has 0 N–H and O–H groups in total. The SMILES string of the molecule is Cc1ccc(N2C(=O)C3Oc4ccccc4C3=[N+](CC(=O)c3ccccc3)C2=O)cc1. The van der Waals surface area contributed by atoms with Crippen LogP contribution in [0.2, 0.25) is 0 Å². The minimum atomic E-state index is -0.986. The molecule has 6 heteroatoms. The third kappa shape index (κ3) is 3.13. The van der Waals surface area contributed by atoms with Gasteiger partial charge in [0.1, 0.15) is 11.4 Å². The Kier molecular flexibility index (Phi) is 4.47. The fourth-order valence-electron chi connectivity index (χ4n) is 3.94. The first-order valence-electron chi connectivity index (χ1n) is 9.98. The molecule has 0 spiro atoms. The van der Waals surface area contributed by atoms with E-state index in [0.29, 0.717) is 28.3 Å². The number of hydrogen-bond acceptors (Lipinski definition) is 4. The van der Waals surface area contributed by atoms with Crippen molar-refractivity contribution in [2.75, 3.05) is 11.4 Å². The predicted molar refractivity (Wildman–Crippen MR) is 115 cm³/mol. The van der Waals surface area contributed by atoms with E-state index in [2.05, 4.69) is 0 Å². The highest BCUT2D eigenvalue weighted by atomic mass is 16.5. The van der Waals surface area contributed by atoms with Crippen LogP contribution in [0.25, 0.3) is 0 Å². The Labute approximate surface area is 179 Å². The summed E-state index contributed by atoms with van der Waals surface area (Å²) in [6, 6.07) is 22.5. The molecule has 0 aliphatic carbocycles. The lowest BCUT2D eigenvalue weighted by molar-refractivity contribution is -0.414. The number of ether oxygens (including phenoxy) is 1. The predicted octanol–water partition coefficient (Wildman–Crippen LogP) is 3.61. The van der Waals surface area contributed by atoms with Crippen LogP contribution in [0.5, 0.6) is 5.75 Å². The smallest absolute Gasteiger partial charge is 0.469 e. The number of para-hydroxylation sites is 1. The van der Waals surface area contributed by atoms with Crippen LogP contribution in [0, 0.1) is 6.92 Å². The van der Waals surface area contributed by atoms with E-state index in [1.165, 1.54) is 4.58 Å². The van der Waals surface area contributed by atoms with E-state index in [-0.39, 0.29) is 12.3 Å². The van der Waals surface area contributed by atoms with Crippen molar-refractivity contribution in [2.45, 2.75) is 13.0 Å². The molecule has 1 unspecified atom stereocenters. The summed E-state index contributed by atoms with van der Waals surface area (Å²) in [5.74, 6) is -0.169. The normalized spacial score (nSPS) is 17.3. The Morgan fingerprint density at radius 3 is 2.35 bits per heavy atom. The molecule has 1 atom stereocenters. The van der Waals surface area contributed by atoms with Gasteiger partial charge in [-0.05, 0) is 31.2 Å². The van der Waals surface area contributed by atoms with Crippen LogP contribution >= 0.6 is 0 Å². The van der Waals surface area contributed by atoms with Crippen LogP contribution in [0.3, 0.4) is 0 Å². The monoisotopic (exact) mass is 411 g/mol. The van der Waals surface area contributed by atoms with E-state index in [1.54, 1.807) is 54.6 Å². The number of fused-ring (bicyclic) bond motifs is 3. The zero-order chi connectivity index (χ0) is 21.5. The van der Waals surface area contributed by atoms with Gasteiger partial charge in [-0.15, -0.1) is 4.90 Å². The van der Waals surface area contributed by atoms with Gasteiger partial charge in [0.05, 0.1) is 5.56 Å². The number of hydrogen-bond donors (Lipinski definition) is 0. The van der Waals surface area contributed by atoms with Crippen molar-refractivity contribution in [3.63, 3.8) is 0 Å². The van der Waals surface area contributed by atoms with Gasteiger partial charge < -0.3 is 4.74 Å². The molecule has 0 radical (unpaired) electrons. The zero-order valence-corrected chi connectivity index (χ0v) is 16.8. The molecule has 31 heavy (non-hydrogen) atoms. The van der Waals surface area contributed by atoms with Gasteiger partial charge in [-0.25, -0.2) is 4.79 Å². The first kappa shape index (κ1) is 18.9. The van der Waals surface area contributed by atoms with Crippen molar-refractivity contribution < 1.29 is 23.7 Å². The zero-order valence-electron chi connectivity index (χ0n) is 16.8. The van der Waals surface area contributed by atoms with Gasteiger partial charge in [0.2, 0.25) is 5.78 Å². The molecule has 2 aliphatic heterocycles. The number of ketones is 1. The highest BCUT2D eigenvalue weighted by Crippen LogP contribution is 2.33. The number of carbonyl (C=O) groups is 3. The number of Topliss-reactive ketones (excluding diaryl/α,β-unsaturated/α-hetero) is 1. The lowest BCUT2D eigenvalue weighted by atomic mass is 10.0. The molecule has 0 saturated carbocycles. The van der Waals surface area contributed by atoms with Crippen molar-refractivity contribution in [2.24, 2.45) is 0 Å². The summed E-state index contributed by atoms with van der Waals surface area (Å²) in [5, 5.41) is 0. The maximum atomic E-state index is 13.5. The standard InChI is InChI=1S/C25H19N2O4/c1-16-11-13-18(14-12-16)27-24(29)23-22(19-9-5-6-10-21(19)31-23)26(25(27)30)15-20(28)17-7-3-2-4-8-17/h2-14,23H,15H2,1H3/q+1. The Balaban J connectivity index is 1.64. The maximum Gasteiger partial charge on any atom is 0.506 e. The van der Waals surface area contributed by atoms with Crippen molar-refractivity contribution in [3.05, 3.63) is 95.6 Å². The number of urea groups is 1. The average Bonchev–Trinajstić information content (AvgIpc) is 3.18. The van der Waals surface area contributed by atoms with Crippen molar-refractivity contribution >= 4 is 29.1 Å². The number of aryl methyl sites for hydroxylation is 1. The van der Waals surface area contributed by atoms with Crippen LogP contribution in [-0.4, -0.2) is 40.7 Å². The minimum Gasteiger partial charge on any atom is -0.469 e. The highest BCUT2D eigenvalue weighted by Gasteiger charge is 2.54. The van der Waals surface area contributed by atoms with Gasteiger partial charge in [-0.3, -0.25) is 4.79 Å². The summed E-state index contributed by atoms with van der Waals surface area (Å²) in [6.45, 7) is 1.74. The molecule has 3 amide bonds. The molecular weight excluding hydrogens is 392 g/mol. The largest absolute Gasteiger partial charge is 0.506 e. The quantitative estimate of drug-likeness (QED) is 0.486. The van der Waals surface area contributed by atoms with Crippen LogP contribution in [0.1, 0.15) is 21.5 Å². The minimum absolute atomic E-state index is 0.192. The fourth-order valence-corrected chi connectivity index (χ4v) is 3.94. The number of carbonyl (C=O) groups excluding carboxylic acids is 3. The first-order chi connectivity index (χ1) is 15.0. The number of benzene rings is 3. The molecule has 2 heterocycles. The number of nitrogens with zero attached hydrogens (tertiary/aromatic N) is 2. The highest BCUT2D eigenvalue weighted by molar-refractivity contribution is 6.29. The molecule has 152 valence electrons. The van der Waals surface area contributed by atoms with E-state index < -0.39 is 18.0 Å². The lowest BCUT2D eigenvalue weighted by Crippen LogP contribution is -2.58. The van der Waals surface area contributed by atoms with E-state index in [9.17, 15) is 14.4 Å². The third-order valence-corrected chi connectivity index (χ3v) is 5.50.